The van der Waals surface area contributed by atoms with Crippen molar-refractivity contribution in [3.05, 3.63) is 22.2 Å². The summed E-state index contributed by atoms with van der Waals surface area (Å²) < 4.78 is 0. The minimum atomic E-state index is -0.310. The molecule has 1 aromatic rings. The van der Waals surface area contributed by atoms with Crippen molar-refractivity contribution in [1.29, 1.82) is 0 Å². The summed E-state index contributed by atoms with van der Waals surface area (Å²) >= 11 is 1.52. The van der Waals surface area contributed by atoms with Gasteiger partial charge in [0.25, 0.3) is 0 Å². The predicted octanol–water partition coefficient (Wildman–Crippen LogP) is 1.50. The zero-order chi connectivity index (χ0) is 14.5. The molecule has 0 saturated heterocycles. The SMILES string of the molecule is Cc1nc(/C=C/C(=O)NCC(=O)NC(C)(C)C)cs1. The molecule has 2 amide bonds. The van der Waals surface area contributed by atoms with E-state index in [-0.39, 0.29) is 23.9 Å². The first-order valence-corrected chi connectivity index (χ1v) is 6.83. The summed E-state index contributed by atoms with van der Waals surface area (Å²) in [6, 6.07) is 0. The van der Waals surface area contributed by atoms with Crippen LogP contribution in [-0.2, 0) is 9.59 Å². The fourth-order valence-corrected chi connectivity index (χ4v) is 1.89. The first-order chi connectivity index (χ1) is 8.76. The van der Waals surface area contributed by atoms with Gasteiger partial charge in [0.05, 0.1) is 17.2 Å². The van der Waals surface area contributed by atoms with E-state index < -0.39 is 0 Å². The molecule has 0 aromatic carbocycles. The van der Waals surface area contributed by atoms with E-state index in [2.05, 4.69) is 15.6 Å². The molecule has 1 rings (SSSR count). The van der Waals surface area contributed by atoms with Gasteiger partial charge in [-0.05, 0) is 33.8 Å². The van der Waals surface area contributed by atoms with Crippen LogP contribution in [0.2, 0.25) is 0 Å². The molecule has 0 aliphatic heterocycles. The average molecular weight is 281 g/mol. The number of carbonyl (C=O) groups is 2. The molecule has 104 valence electrons. The Bertz CT molecular complexity index is 486. The van der Waals surface area contributed by atoms with Crippen LogP contribution >= 0.6 is 11.3 Å². The topological polar surface area (TPSA) is 71.1 Å². The zero-order valence-electron chi connectivity index (χ0n) is 11.6. The minimum Gasteiger partial charge on any atom is -0.350 e. The number of hydrogen-bond acceptors (Lipinski definition) is 4. The minimum absolute atomic E-state index is 0.0312. The van der Waals surface area contributed by atoms with Crippen molar-refractivity contribution in [3.8, 4) is 0 Å². The van der Waals surface area contributed by atoms with E-state index in [1.807, 2.05) is 33.1 Å². The predicted molar refractivity (Wildman–Crippen MR) is 76.8 cm³/mol. The molecular formula is C13H19N3O2S. The molecule has 0 atom stereocenters. The normalized spacial score (nSPS) is 11.6. The van der Waals surface area contributed by atoms with Gasteiger partial charge in [-0.3, -0.25) is 9.59 Å². The molecule has 0 aliphatic carbocycles. The highest BCUT2D eigenvalue weighted by atomic mass is 32.1. The van der Waals surface area contributed by atoms with Gasteiger partial charge in [-0.15, -0.1) is 11.3 Å². The van der Waals surface area contributed by atoms with Crippen LogP contribution in [0.5, 0.6) is 0 Å². The summed E-state index contributed by atoms with van der Waals surface area (Å²) in [4.78, 5) is 27.2. The van der Waals surface area contributed by atoms with Gasteiger partial charge in [0.1, 0.15) is 0 Å². The molecule has 1 heterocycles. The lowest BCUT2D eigenvalue weighted by molar-refractivity contribution is -0.124. The maximum absolute atomic E-state index is 11.5. The second kappa shape index (κ2) is 6.47. The van der Waals surface area contributed by atoms with Crippen molar-refractivity contribution in [2.45, 2.75) is 33.2 Å². The van der Waals surface area contributed by atoms with E-state index in [0.29, 0.717) is 0 Å². The van der Waals surface area contributed by atoms with Crippen LogP contribution in [0.3, 0.4) is 0 Å². The fourth-order valence-electron chi connectivity index (χ4n) is 1.31. The summed E-state index contributed by atoms with van der Waals surface area (Å²) in [5, 5.41) is 8.10. The first-order valence-electron chi connectivity index (χ1n) is 5.95. The van der Waals surface area contributed by atoms with Crippen molar-refractivity contribution >= 4 is 29.2 Å². The molecule has 1 aromatic heterocycles. The average Bonchev–Trinajstić information content (AvgIpc) is 2.67. The highest BCUT2D eigenvalue weighted by Crippen LogP contribution is 2.08. The molecule has 0 saturated carbocycles. The number of nitrogens with zero attached hydrogens (tertiary/aromatic N) is 1. The van der Waals surface area contributed by atoms with E-state index >= 15 is 0 Å². The van der Waals surface area contributed by atoms with Gasteiger partial charge in [0, 0.05) is 17.0 Å². The molecule has 0 aliphatic rings. The quantitative estimate of drug-likeness (QED) is 0.822. The van der Waals surface area contributed by atoms with Gasteiger partial charge in [-0.2, -0.15) is 0 Å². The van der Waals surface area contributed by atoms with E-state index in [0.717, 1.165) is 10.7 Å². The van der Waals surface area contributed by atoms with Gasteiger partial charge in [-0.25, -0.2) is 4.98 Å². The number of aryl methyl sites for hydroxylation is 1. The zero-order valence-corrected chi connectivity index (χ0v) is 12.4. The third kappa shape index (κ3) is 6.71. The largest absolute Gasteiger partial charge is 0.350 e. The summed E-state index contributed by atoms with van der Waals surface area (Å²) in [7, 11) is 0. The van der Waals surface area contributed by atoms with Crippen LogP contribution in [0, 0.1) is 6.92 Å². The number of carbonyl (C=O) groups excluding carboxylic acids is 2. The van der Waals surface area contributed by atoms with Gasteiger partial charge in [0.15, 0.2) is 0 Å². The molecule has 5 nitrogen and oxygen atoms in total. The monoisotopic (exact) mass is 281 g/mol. The summed E-state index contributed by atoms with van der Waals surface area (Å²) in [5.41, 5.74) is 0.451. The number of aromatic nitrogens is 1. The van der Waals surface area contributed by atoms with Crippen molar-refractivity contribution in [1.82, 2.24) is 15.6 Å². The van der Waals surface area contributed by atoms with Crippen LogP contribution < -0.4 is 10.6 Å². The van der Waals surface area contributed by atoms with Crippen LogP contribution in [0.15, 0.2) is 11.5 Å². The lowest BCUT2D eigenvalue weighted by Crippen LogP contribution is -2.45. The van der Waals surface area contributed by atoms with Crippen LogP contribution in [0.1, 0.15) is 31.5 Å². The molecule has 0 bridgehead atoms. The first kappa shape index (κ1) is 15.4. The Morgan fingerprint density at radius 1 is 1.42 bits per heavy atom. The van der Waals surface area contributed by atoms with E-state index in [1.165, 1.54) is 17.4 Å². The Labute approximate surface area is 117 Å². The molecule has 0 spiro atoms. The Balaban J connectivity index is 2.36. The highest BCUT2D eigenvalue weighted by molar-refractivity contribution is 7.09. The summed E-state index contributed by atoms with van der Waals surface area (Å²) in [6.45, 7) is 7.53. The van der Waals surface area contributed by atoms with Crippen molar-refractivity contribution in [2.75, 3.05) is 6.54 Å². The molecule has 2 N–H and O–H groups in total. The maximum atomic E-state index is 11.5. The van der Waals surface area contributed by atoms with Crippen molar-refractivity contribution in [3.63, 3.8) is 0 Å². The molecule has 6 heteroatoms. The molecule has 0 fully saturated rings. The maximum Gasteiger partial charge on any atom is 0.244 e. The Kier molecular flexibility index (Phi) is 5.23. The van der Waals surface area contributed by atoms with Gasteiger partial charge >= 0.3 is 0 Å². The number of nitrogens with one attached hydrogen (secondary N) is 2. The smallest absolute Gasteiger partial charge is 0.244 e. The fraction of sp³-hybridized carbons (Fsp3) is 0.462. The standard InChI is InChI=1S/C13H19N3O2S/c1-9-15-10(8-19-9)5-6-11(17)14-7-12(18)16-13(2,3)4/h5-6,8H,7H2,1-4H3,(H,14,17)(H,16,18)/b6-5+. The Hall–Kier alpha value is -1.69. The van der Waals surface area contributed by atoms with Crippen molar-refractivity contribution < 1.29 is 9.59 Å². The van der Waals surface area contributed by atoms with E-state index in [9.17, 15) is 9.59 Å². The van der Waals surface area contributed by atoms with Crippen LogP contribution in [0.25, 0.3) is 6.08 Å². The van der Waals surface area contributed by atoms with E-state index in [4.69, 9.17) is 0 Å². The summed E-state index contributed by atoms with van der Waals surface area (Å²) in [5.74, 6) is -0.520. The van der Waals surface area contributed by atoms with Crippen molar-refractivity contribution in [2.24, 2.45) is 0 Å². The molecule has 0 unspecified atom stereocenters. The van der Waals surface area contributed by atoms with Gasteiger partial charge in [0.2, 0.25) is 11.8 Å². The molecule has 19 heavy (non-hydrogen) atoms. The molecular weight excluding hydrogens is 262 g/mol. The lowest BCUT2D eigenvalue weighted by Gasteiger charge is -2.20. The number of hydrogen-bond donors (Lipinski definition) is 2. The Morgan fingerprint density at radius 3 is 2.63 bits per heavy atom. The number of rotatable bonds is 4. The van der Waals surface area contributed by atoms with E-state index in [1.54, 1.807) is 6.08 Å². The Morgan fingerprint density at radius 2 is 2.11 bits per heavy atom. The van der Waals surface area contributed by atoms with Gasteiger partial charge in [-0.1, -0.05) is 0 Å². The third-order valence-electron chi connectivity index (χ3n) is 1.98. The molecule has 0 radical (unpaired) electrons. The summed E-state index contributed by atoms with van der Waals surface area (Å²) in [6.07, 6.45) is 3.00. The number of thiazole rings is 1. The second-order valence-electron chi connectivity index (χ2n) is 5.14. The highest BCUT2D eigenvalue weighted by Gasteiger charge is 2.13. The third-order valence-corrected chi connectivity index (χ3v) is 2.77. The van der Waals surface area contributed by atoms with Crippen LogP contribution in [0.4, 0.5) is 0 Å². The lowest BCUT2D eigenvalue weighted by atomic mass is 10.1. The number of amides is 2. The second-order valence-corrected chi connectivity index (χ2v) is 6.20. The van der Waals surface area contributed by atoms with Gasteiger partial charge < -0.3 is 10.6 Å². The van der Waals surface area contributed by atoms with Crippen LogP contribution in [-0.4, -0.2) is 28.9 Å².